The minimum Gasteiger partial charge on any atom is -0.383 e. The van der Waals surface area contributed by atoms with E-state index in [1.807, 2.05) is 12.1 Å². The summed E-state index contributed by atoms with van der Waals surface area (Å²) in [5.74, 6) is 0.349. The second kappa shape index (κ2) is 4.59. The fourth-order valence-electron chi connectivity index (χ4n) is 1.54. The first-order valence-electron chi connectivity index (χ1n) is 5.13. The van der Waals surface area contributed by atoms with Crippen molar-refractivity contribution < 1.29 is 4.79 Å². The van der Waals surface area contributed by atoms with Gasteiger partial charge in [-0.15, -0.1) is 0 Å². The van der Waals surface area contributed by atoms with E-state index in [4.69, 9.17) is 17.3 Å². The van der Waals surface area contributed by atoms with Gasteiger partial charge in [0.2, 0.25) is 0 Å². The number of aryl methyl sites for hydroxylation is 1. The van der Waals surface area contributed by atoms with Crippen LogP contribution in [0.25, 0.3) is 0 Å². The quantitative estimate of drug-likeness (QED) is 0.848. The minimum absolute atomic E-state index is 0.0436. The normalized spacial score (nSPS) is 10.5. The van der Waals surface area contributed by atoms with Crippen LogP contribution < -0.4 is 5.73 Å². The molecular weight excluding hydrogens is 238 g/mol. The van der Waals surface area contributed by atoms with Crippen molar-refractivity contribution in [2.75, 3.05) is 5.73 Å². The number of carbonyl (C=O) groups is 1. The topological polar surface area (TPSA) is 60.9 Å². The number of benzene rings is 1. The minimum atomic E-state index is -0.0436. The molecule has 1 heterocycles. The molecule has 2 rings (SSSR count). The molecular formula is C12H12ClN3O. The van der Waals surface area contributed by atoms with E-state index < -0.39 is 0 Å². The lowest BCUT2D eigenvalue weighted by atomic mass is 10.1. The van der Waals surface area contributed by atoms with Crippen LogP contribution in [-0.2, 0) is 13.5 Å². The molecule has 1 aromatic carbocycles. The van der Waals surface area contributed by atoms with Gasteiger partial charge in [0.1, 0.15) is 5.82 Å². The van der Waals surface area contributed by atoms with Gasteiger partial charge in [-0.3, -0.25) is 9.48 Å². The molecule has 0 aliphatic heterocycles. The highest BCUT2D eigenvalue weighted by atomic mass is 35.5. The molecule has 5 heteroatoms. The van der Waals surface area contributed by atoms with Crippen LogP contribution >= 0.6 is 11.6 Å². The average Bonchev–Trinajstić information content (AvgIpc) is 2.63. The van der Waals surface area contributed by atoms with E-state index >= 15 is 0 Å². The van der Waals surface area contributed by atoms with Gasteiger partial charge in [0.05, 0.1) is 11.8 Å². The van der Waals surface area contributed by atoms with Crippen LogP contribution in [0.1, 0.15) is 15.9 Å². The van der Waals surface area contributed by atoms with E-state index in [0.29, 0.717) is 22.8 Å². The largest absolute Gasteiger partial charge is 0.383 e. The van der Waals surface area contributed by atoms with Crippen LogP contribution in [0, 0.1) is 0 Å². The summed E-state index contributed by atoms with van der Waals surface area (Å²) in [6.45, 7) is 0. The molecule has 0 aliphatic rings. The highest BCUT2D eigenvalue weighted by Gasteiger charge is 2.13. The summed E-state index contributed by atoms with van der Waals surface area (Å²) in [5.41, 5.74) is 7.11. The van der Waals surface area contributed by atoms with Crippen LogP contribution in [0.15, 0.2) is 30.5 Å². The second-order valence-corrected chi connectivity index (χ2v) is 4.23. The number of aromatic nitrogens is 2. The Labute approximate surface area is 104 Å². The van der Waals surface area contributed by atoms with E-state index in [0.717, 1.165) is 5.56 Å². The fraction of sp³-hybridized carbons (Fsp3) is 0.167. The van der Waals surface area contributed by atoms with Crippen molar-refractivity contribution >= 4 is 23.2 Å². The molecule has 0 spiro atoms. The van der Waals surface area contributed by atoms with E-state index in [1.165, 1.54) is 10.9 Å². The Morgan fingerprint density at radius 3 is 2.59 bits per heavy atom. The Morgan fingerprint density at radius 1 is 1.41 bits per heavy atom. The third-order valence-electron chi connectivity index (χ3n) is 2.56. The lowest BCUT2D eigenvalue weighted by molar-refractivity contribution is 0.0994. The SMILES string of the molecule is Cn1ncc(C(=O)Cc2ccc(Cl)cc2)c1N. The van der Waals surface area contributed by atoms with Gasteiger partial charge in [-0.25, -0.2) is 0 Å². The predicted octanol–water partition coefficient (Wildman–Crippen LogP) is 2.08. The second-order valence-electron chi connectivity index (χ2n) is 3.79. The zero-order chi connectivity index (χ0) is 12.4. The molecule has 1 aromatic heterocycles. The van der Waals surface area contributed by atoms with Crippen LogP contribution in [0.5, 0.6) is 0 Å². The Hall–Kier alpha value is -1.81. The van der Waals surface area contributed by atoms with Crippen molar-refractivity contribution in [3.8, 4) is 0 Å². The van der Waals surface area contributed by atoms with Gasteiger partial charge < -0.3 is 5.73 Å². The molecule has 0 bridgehead atoms. The van der Waals surface area contributed by atoms with Crippen LogP contribution in [0.4, 0.5) is 5.82 Å². The monoisotopic (exact) mass is 249 g/mol. The predicted molar refractivity (Wildman–Crippen MR) is 67.1 cm³/mol. The van der Waals surface area contributed by atoms with E-state index in [-0.39, 0.29) is 5.78 Å². The number of nitrogens with two attached hydrogens (primary N) is 1. The molecule has 0 amide bonds. The summed E-state index contributed by atoms with van der Waals surface area (Å²) >= 11 is 5.78. The molecule has 0 unspecified atom stereocenters. The van der Waals surface area contributed by atoms with Crippen LogP contribution in [-0.4, -0.2) is 15.6 Å². The Balaban J connectivity index is 2.17. The number of nitrogen functional groups attached to an aromatic ring is 1. The Morgan fingerprint density at radius 2 is 2.06 bits per heavy atom. The van der Waals surface area contributed by atoms with Gasteiger partial charge >= 0.3 is 0 Å². The number of hydrogen-bond acceptors (Lipinski definition) is 3. The number of carbonyl (C=O) groups excluding carboxylic acids is 1. The van der Waals surface area contributed by atoms with Crippen molar-refractivity contribution in [1.82, 2.24) is 9.78 Å². The molecule has 0 radical (unpaired) electrons. The van der Waals surface area contributed by atoms with Crippen molar-refractivity contribution in [3.63, 3.8) is 0 Å². The number of Topliss-reactive ketones (excluding diaryl/α,β-unsaturated/α-hetero) is 1. The first-order valence-corrected chi connectivity index (χ1v) is 5.51. The summed E-state index contributed by atoms with van der Waals surface area (Å²) in [4.78, 5) is 12.0. The van der Waals surface area contributed by atoms with Crippen molar-refractivity contribution in [3.05, 3.63) is 46.6 Å². The maximum atomic E-state index is 12.0. The number of halogens is 1. The molecule has 0 aliphatic carbocycles. The average molecular weight is 250 g/mol. The summed E-state index contributed by atoms with van der Waals surface area (Å²) in [7, 11) is 1.70. The lowest BCUT2D eigenvalue weighted by Gasteiger charge is -2.01. The summed E-state index contributed by atoms with van der Waals surface area (Å²) in [6, 6.07) is 7.17. The van der Waals surface area contributed by atoms with Gasteiger partial charge in [0.25, 0.3) is 0 Å². The third kappa shape index (κ3) is 2.47. The zero-order valence-corrected chi connectivity index (χ0v) is 10.1. The third-order valence-corrected chi connectivity index (χ3v) is 2.81. The van der Waals surface area contributed by atoms with E-state index in [2.05, 4.69) is 5.10 Å². The highest BCUT2D eigenvalue weighted by molar-refractivity contribution is 6.30. The first-order chi connectivity index (χ1) is 8.08. The lowest BCUT2D eigenvalue weighted by Crippen LogP contribution is -2.07. The number of ketones is 1. The van der Waals surface area contributed by atoms with Crippen molar-refractivity contribution in [2.24, 2.45) is 7.05 Å². The van der Waals surface area contributed by atoms with Crippen molar-refractivity contribution in [2.45, 2.75) is 6.42 Å². The van der Waals surface area contributed by atoms with Gasteiger partial charge in [0, 0.05) is 18.5 Å². The molecule has 0 atom stereocenters. The molecule has 17 heavy (non-hydrogen) atoms. The molecule has 2 N–H and O–H groups in total. The van der Waals surface area contributed by atoms with Crippen LogP contribution in [0.2, 0.25) is 5.02 Å². The summed E-state index contributed by atoms with van der Waals surface area (Å²) in [6.07, 6.45) is 1.79. The molecule has 0 saturated heterocycles. The number of hydrogen-bond donors (Lipinski definition) is 1. The van der Waals surface area contributed by atoms with Crippen molar-refractivity contribution in [1.29, 1.82) is 0 Å². The molecule has 88 valence electrons. The molecule has 0 fully saturated rings. The van der Waals surface area contributed by atoms with Crippen LogP contribution in [0.3, 0.4) is 0 Å². The molecule has 0 saturated carbocycles. The maximum absolute atomic E-state index is 12.0. The van der Waals surface area contributed by atoms with Gasteiger partial charge in [-0.1, -0.05) is 23.7 Å². The van der Waals surface area contributed by atoms with Gasteiger partial charge in [-0.2, -0.15) is 5.10 Å². The Kier molecular flexibility index (Phi) is 3.15. The standard InChI is InChI=1S/C12H12ClN3O/c1-16-12(14)10(7-15-16)11(17)6-8-2-4-9(13)5-3-8/h2-5,7H,6,14H2,1H3. The molecule has 4 nitrogen and oxygen atoms in total. The number of nitrogens with zero attached hydrogens (tertiary/aromatic N) is 2. The summed E-state index contributed by atoms with van der Waals surface area (Å²) in [5, 5.41) is 4.60. The number of rotatable bonds is 3. The fourth-order valence-corrected chi connectivity index (χ4v) is 1.67. The maximum Gasteiger partial charge on any atom is 0.172 e. The molecule has 2 aromatic rings. The smallest absolute Gasteiger partial charge is 0.172 e. The van der Waals surface area contributed by atoms with E-state index in [9.17, 15) is 4.79 Å². The zero-order valence-electron chi connectivity index (χ0n) is 9.35. The Bertz CT molecular complexity index is 545. The first kappa shape index (κ1) is 11.7. The van der Waals surface area contributed by atoms with E-state index in [1.54, 1.807) is 19.2 Å². The summed E-state index contributed by atoms with van der Waals surface area (Å²) < 4.78 is 1.48. The van der Waals surface area contributed by atoms with Gasteiger partial charge in [-0.05, 0) is 17.7 Å². The number of anilines is 1. The van der Waals surface area contributed by atoms with Gasteiger partial charge in [0.15, 0.2) is 5.78 Å². The highest BCUT2D eigenvalue weighted by Crippen LogP contribution is 2.15.